The first-order valence-electron chi connectivity index (χ1n) is 9.61. The number of hydrogen-bond donors (Lipinski definition) is 2. The molecule has 0 aliphatic carbocycles. The topological polar surface area (TPSA) is 102 Å². The molecule has 9 heteroatoms. The van der Waals surface area contributed by atoms with Gasteiger partial charge in [0.15, 0.2) is 0 Å². The maximum absolute atomic E-state index is 12.3. The number of carbonyl (C=O) groups is 2. The molecule has 0 spiro atoms. The molecule has 8 nitrogen and oxygen atoms in total. The van der Waals surface area contributed by atoms with E-state index in [9.17, 15) is 14.4 Å². The third-order valence-electron chi connectivity index (χ3n) is 4.18. The third-order valence-corrected chi connectivity index (χ3v) is 4.71. The minimum absolute atomic E-state index is 0.0904. The van der Waals surface area contributed by atoms with Gasteiger partial charge in [0.25, 0.3) is 11.5 Å². The highest BCUT2D eigenvalue weighted by molar-refractivity contribution is 9.10. The summed E-state index contributed by atoms with van der Waals surface area (Å²) >= 11 is 3.33. The molecule has 0 bridgehead atoms. The number of ether oxygens (including phenoxy) is 1. The Balaban J connectivity index is 1.47. The van der Waals surface area contributed by atoms with E-state index in [1.807, 2.05) is 42.5 Å². The number of anilines is 1. The average molecular weight is 485 g/mol. The Hall–Kier alpha value is -3.46. The second kappa shape index (κ2) is 11.1. The first kappa shape index (κ1) is 22.2. The summed E-state index contributed by atoms with van der Waals surface area (Å²) in [5.74, 6) is -0.00126. The van der Waals surface area contributed by atoms with Crippen LogP contribution in [0.25, 0.3) is 0 Å². The van der Waals surface area contributed by atoms with Crippen LogP contribution >= 0.6 is 15.9 Å². The van der Waals surface area contributed by atoms with Gasteiger partial charge < -0.3 is 15.4 Å². The minimum Gasteiger partial charge on any atom is -0.492 e. The van der Waals surface area contributed by atoms with Crippen molar-refractivity contribution in [2.75, 3.05) is 18.5 Å². The van der Waals surface area contributed by atoms with Crippen LogP contribution in [0.5, 0.6) is 5.75 Å². The molecule has 3 rings (SSSR count). The second-order valence-corrected chi connectivity index (χ2v) is 7.42. The van der Waals surface area contributed by atoms with Crippen LogP contribution < -0.4 is 20.9 Å². The zero-order chi connectivity index (χ0) is 22.1. The lowest BCUT2D eigenvalue weighted by molar-refractivity contribution is -0.116. The monoisotopic (exact) mass is 484 g/mol. The van der Waals surface area contributed by atoms with Crippen LogP contribution in [-0.4, -0.2) is 34.7 Å². The summed E-state index contributed by atoms with van der Waals surface area (Å²) in [6.07, 6.45) is 0.104. The van der Waals surface area contributed by atoms with Crippen molar-refractivity contribution < 1.29 is 14.3 Å². The molecule has 0 radical (unpaired) electrons. The lowest BCUT2D eigenvalue weighted by Gasteiger charge is -2.09. The fraction of sp³-hybridized carbons (Fsp3) is 0.182. The second-order valence-electron chi connectivity index (χ2n) is 6.50. The Morgan fingerprint density at radius 1 is 1.00 bits per heavy atom. The summed E-state index contributed by atoms with van der Waals surface area (Å²) in [7, 11) is 0. The molecule has 2 aromatic carbocycles. The number of aromatic nitrogens is 2. The van der Waals surface area contributed by atoms with E-state index in [1.165, 1.54) is 16.8 Å². The van der Waals surface area contributed by atoms with Crippen LogP contribution in [0.4, 0.5) is 5.69 Å². The SMILES string of the molecule is O=C(CCNC(=O)c1ccc(=O)n(CCOc2ccccc2)n1)Nc1ccc(Br)cc1. The Kier molecular flexibility index (Phi) is 7.94. The molecule has 2 N–H and O–H groups in total. The van der Waals surface area contributed by atoms with Gasteiger partial charge >= 0.3 is 0 Å². The molecule has 0 fully saturated rings. The van der Waals surface area contributed by atoms with Gasteiger partial charge in [-0.2, -0.15) is 5.10 Å². The summed E-state index contributed by atoms with van der Waals surface area (Å²) in [6, 6.07) is 19.0. The van der Waals surface area contributed by atoms with Gasteiger partial charge in [0, 0.05) is 29.2 Å². The molecule has 0 aliphatic heterocycles. The van der Waals surface area contributed by atoms with E-state index in [4.69, 9.17) is 4.74 Å². The number of rotatable bonds is 9. The number of benzene rings is 2. The molecule has 1 aromatic heterocycles. The molecule has 31 heavy (non-hydrogen) atoms. The number of carbonyl (C=O) groups excluding carboxylic acids is 2. The van der Waals surface area contributed by atoms with Crippen molar-refractivity contribution in [1.29, 1.82) is 0 Å². The Morgan fingerprint density at radius 3 is 2.48 bits per heavy atom. The predicted molar refractivity (Wildman–Crippen MR) is 120 cm³/mol. The van der Waals surface area contributed by atoms with E-state index < -0.39 is 5.91 Å². The van der Waals surface area contributed by atoms with Crippen molar-refractivity contribution in [2.45, 2.75) is 13.0 Å². The molecule has 0 unspecified atom stereocenters. The van der Waals surface area contributed by atoms with Crippen LogP contribution in [0.1, 0.15) is 16.9 Å². The zero-order valence-corrected chi connectivity index (χ0v) is 18.2. The van der Waals surface area contributed by atoms with Gasteiger partial charge in [0.1, 0.15) is 18.1 Å². The zero-order valence-electron chi connectivity index (χ0n) is 16.6. The van der Waals surface area contributed by atoms with Gasteiger partial charge in [-0.1, -0.05) is 34.1 Å². The molecule has 160 valence electrons. The van der Waals surface area contributed by atoms with E-state index in [-0.39, 0.29) is 43.3 Å². The minimum atomic E-state index is -0.464. The standard InChI is InChI=1S/C22H21BrN4O4/c23-16-6-8-17(9-7-16)25-20(28)12-13-24-22(30)19-10-11-21(29)27(26-19)14-15-31-18-4-2-1-3-5-18/h1-11H,12-15H2,(H,24,30)(H,25,28). The van der Waals surface area contributed by atoms with Gasteiger partial charge in [-0.05, 0) is 42.5 Å². The van der Waals surface area contributed by atoms with E-state index >= 15 is 0 Å². The Labute approximate surface area is 187 Å². The summed E-state index contributed by atoms with van der Waals surface area (Å²) in [5.41, 5.74) is 0.431. The normalized spacial score (nSPS) is 10.4. The maximum atomic E-state index is 12.3. The van der Waals surface area contributed by atoms with Crippen LogP contribution in [-0.2, 0) is 11.3 Å². The summed E-state index contributed by atoms with van der Waals surface area (Å²) in [5, 5.41) is 9.47. The molecule has 0 saturated carbocycles. The fourth-order valence-corrected chi connectivity index (χ4v) is 2.90. The van der Waals surface area contributed by atoms with Gasteiger partial charge in [-0.15, -0.1) is 0 Å². The van der Waals surface area contributed by atoms with Crippen molar-refractivity contribution in [3.8, 4) is 5.75 Å². The van der Waals surface area contributed by atoms with Gasteiger partial charge in [-0.25, -0.2) is 4.68 Å². The average Bonchev–Trinajstić information content (AvgIpc) is 2.77. The number of nitrogens with zero attached hydrogens (tertiary/aromatic N) is 2. The van der Waals surface area contributed by atoms with Gasteiger partial charge in [-0.3, -0.25) is 14.4 Å². The molecule has 0 atom stereocenters. The maximum Gasteiger partial charge on any atom is 0.271 e. The van der Waals surface area contributed by atoms with E-state index in [0.717, 1.165) is 4.47 Å². The molecular formula is C22H21BrN4O4. The Bertz CT molecular complexity index is 1080. The van der Waals surface area contributed by atoms with Crippen LogP contribution in [0.3, 0.4) is 0 Å². The Morgan fingerprint density at radius 2 is 1.74 bits per heavy atom. The van der Waals surface area contributed by atoms with Crippen molar-refractivity contribution in [3.63, 3.8) is 0 Å². The third kappa shape index (κ3) is 7.07. The molecule has 2 amide bonds. The highest BCUT2D eigenvalue weighted by atomic mass is 79.9. The molecule has 0 aliphatic rings. The summed E-state index contributed by atoms with van der Waals surface area (Å²) < 4.78 is 7.66. The number of halogens is 1. The van der Waals surface area contributed by atoms with Crippen molar-refractivity contribution in [1.82, 2.24) is 15.1 Å². The number of para-hydroxylation sites is 1. The van der Waals surface area contributed by atoms with E-state index in [1.54, 1.807) is 12.1 Å². The van der Waals surface area contributed by atoms with Crippen molar-refractivity contribution >= 4 is 33.4 Å². The smallest absolute Gasteiger partial charge is 0.271 e. The number of amides is 2. The lowest BCUT2D eigenvalue weighted by Crippen LogP contribution is -2.32. The molecule has 1 heterocycles. The van der Waals surface area contributed by atoms with Crippen LogP contribution in [0, 0.1) is 0 Å². The predicted octanol–water partition coefficient (Wildman–Crippen LogP) is 2.84. The molecule has 0 saturated heterocycles. The number of hydrogen-bond acceptors (Lipinski definition) is 5. The quantitative estimate of drug-likeness (QED) is 0.486. The van der Waals surface area contributed by atoms with Crippen LogP contribution in [0.2, 0.25) is 0 Å². The molecular weight excluding hydrogens is 464 g/mol. The largest absolute Gasteiger partial charge is 0.492 e. The van der Waals surface area contributed by atoms with E-state index in [2.05, 4.69) is 31.7 Å². The summed E-state index contributed by atoms with van der Waals surface area (Å²) in [4.78, 5) is 36.3. The highest BCUT2D eigenvalue weighted by Gasteiger charge is 2.11. The highest BCUT2D eigenvalue weighted by Crippen LogP contribution is 2.14. The molecule has 3 aromatic rings. The van der Waals surface area contributed by atoms with E-state index in [0.29, 0.717) is 11.4 Å². The van der Waals surface area contributed by atoms with Crippen LogP contribution in [0.15, 0.2) is 76.0 Å². The van der Waals surface area contributed by atoms with Gasteiger partial charge in [0.05, 0.1) is 6.54 Å². The number of nitrogens with one attached hydrogen (secondary N) is 2. The lowest BCUT2D eigenvalue weighted by atomic mass is 10.3. The van der Waals surface area contributed by atoms with Crippen molar-refractivity contribution in [3.05, 3.63) is 87.3 Å². The van der Waals surface area contributed by atoms with Gasteiger partial charge in [0.2, 0.25) is 5.91 Å². The van der Waals surface area contributed by atoms with Crippen molar-refractivity contribution in [2.24, 2.45) is 0 Å². The fourth-order valence-electron chi connectivity index (χ4n) is 2.63. The first-order chi connectivity index (χ1) is 15.0. The first-order valence-corrected chi connectivity index (χ1v) is 10.4. The summed E-state index contributed by atoms with van der Waals surface area (Å²) in [6.45, 7) is 0.571.